The van der Waals surface area contributed by atoms with Crippen LogP contribution < -0.4 is 0 Å². The van der Waals surface area contributed by atoms with Crippen LogP contribution in [-0.2, 0) is 12.8 Å². The largest absolute Gasteiger partial charge is 0.0651 e. The molecule has 2 fully saturated rings. The highest BCUT2D eigenvalue weighted by Gasteiger charge is 2.43. The number of fused-ring (bicyclic) bond motifs is 1. The smallest absolute Gasteiger partial charge is 0.0116 e. The van der Waals surface area contributed by atoms with Gasteiger partial charge in [-0.2, -0.15) is 0 Å². The zero-order valence-corrected chi connectivity index (χ0v) is 28.3. The molecule has 0 nitrogen and oxygen atoms in total. The van der Waals surface area contributed by atoms with Crippen molar-refractivity contribution in [3.8, 4) is 0 Å². The third-order valence-corrected chi connectivity index (χ3v) is 13.7. The van der Waals surface area contributed by atoms with Crippen LogP contribution in [0.2, 0.25) is 0 Å². The molecule has 5 rings (SSSR count). The molecule has 41 heavy (non-hydrogen) atoms. The standard InChI is InChI=1S/C41H62/c1-11-34-21-38(40(32(10)31(34)9)23-36-17-25(3)28(6)29(7)30(36)8)19-33-16-26(4)41-27(5)18-37(22-39(41)20-33)35-14-12-24(2)13-15-35/h12-16,20,25,27-32,34,36-38,40H,11,17-19,21-23H2,1-10H3. The summed E-state index contributed by atoms with van der Waals surface area (Å²) >= 11 is 0. The third kappa shape index (κ3) is 6.24. The van der Waals surface area contributed by atoms with Gasteiger partial charge in [-0.15, -0.1) is 0 Å². The van der Waals surface area contributed by atoms with Crippen LogP contribution in [0.4, 0.5) is 0 Å². The normalized spacial score (nSPS) is 39.4. The molecule has 0 saturated heterocycles. The van der Waals surface area contributed by atoms with Crippen LogP contribution in [0.3, 0.4) is 0 Å². The first-order valence-electron chi connectivity index (χ1n) is 17.7. The summed E-state index contributed by atoms with van der Waals surface area (Å²) in [5.74, 6) is 9.92. The molecular weight excluding hydrogens is 492 g/mol. The Morgan fingerprint density at radius 2 is 1.37 bits per heavy atom. The molecule has 3 aliphatic carbocycles. The van der Waals surface area contributed by atoms with Crippen molar-refractivity contribution in [1.29, 1.82) is 0 Å². The third-order valence-electron chi connectivity index (χ3n) is 13.7. The molecule has 0 spiro atoms. The minimum atomic E-state index is 0.644. The first-order valence-corrected chi connectivity index (χ1v) is 17.7. The van der Waals surface area contributed by atoms with Gasteiger partial charge < -0.3 is 0 Å². The number of hydrogen-bond acceptors (Lipinski definition) is 0. The summed E-state index contributed by atoms with van der Waals surface area (Å²) in [6.07, 6.45) is 9.48. The summed E-state index contributed by atoms with van der Waals surface area (Å²) in [6, 6.07) is 14.7. The van der Waals surface area contributed by atoms with Gasteiger partial charge in [-0.25, -0.2) is 0 Å². The average molecular weight is 555 g/mol. The Balaban J connectivity index is 1.41. The van der Waals surface area contributed by atoms with Crippen LogP contribution in [0.5, 0.6) is 0 Å². The lowest BCUT2D eigenvalue weighted by Crippen LogP contribution is -2.42. The van der Waals surface area contributed by atoms with E-state index in [2.05, 4.69) is 106 Å². The second kappa shape index (κ2) is 12.6. The van der Waals surface area contributed by atoms with E-state index < -0.39 is 0 Å². The first-order chi connectivity index (χ1) is 19.5. The molecule has 226 valence electrons. The van der Waals surface area contributed by atoms with Gasteiger partial charge in [-0.3, -0.25) is 0 Å². The molecule has 0 aromatic heterocycles. The van der Waals surface area contributed by atoms with E-state index in [-0.39, 0.29) is 0 Å². The van der Waals surface area contributed by atoms with Crippen LogP contribution >= 0.6 is 0 Å². The van der Waals surface area contributed by atoms with Crippen LogP contribution in [0.15, 0.2) is 36.4 Å². The van der Waals surface area contributed by atoms with Crippen LogP contribution in [0.1, 0.15) is 133 Å². The number of hydrogen-bond donors (Lipinski definition) is 0. The van der Waals surface area contributed by atoms with E-state index in [0.717, 1.165) is 59.2 Å². The van der Waals surface area contributed by atoms with E-state index >= 15 is 0 Å². The van der Waals surface area contributed by atoms with Crippen molar-refractivity contribution >= 4 is 0 Å². The van der Waals surface area contributed by atoms with E-state index in [4.69, 9.17) is 0 Å². The fourth-order valence-corrected chi connectivity index (χ4v) is 10.4. The lowest BCUT2D eigenvalue weighted by atomic mass is 9.56. The molecule has 0 bridgehead atoms. The molecular formula is C41H62. The molecule has 12 unspecified atom stereocenters. The molecule has 3 aliphatic rings. The van der Waals surface area contributed by atoms with Crippen molar-refractivity contribution in [1.82, 2.24) is 0 Å². The summed E-state index contributed by atoms with van der Waals surface area (Å²) < 4.78 is 0. The molecule has 0 aliphatic heterocycles. The zero-order chi connectivity index (χ0) is 29.6. The summed E-state index contributed by atoms with van der Waals surface area (Å²) in [4.78, 5) is 0. The fraction of sp³-hybridized carbons (Fsp3) is 0.707. The average Bonchev–Trinajstić information content (AvgIpc) is 2.94. The predicted molar refractivity (Wildman–Crippen MR) is 179 cm³/mol. The maximum Gasteiger partial charge on any atom is -0.0116 e. The molecule has 12 atom stereocenters. The lowest BCUT2D eigenvalue weighted by Gasteiger charge is -2.49. The Hall–Kier alpha value is -1.56. The minimum Gasteiger partial charge on any atom is -0.0651 e. The maximum absolute atomic E-state index is 2.68. The van der Waals surface area contributed by atoms with Crippen molar-refractivity contribution in [2.75, 3.05) is 0 Å². The molecule has 2 aromatic carbocycles. The van der Waals surface area contributed by atoms with Crippen LogP contribution in [0.25, 0.3) is 0 Å². The van der Waals surface area contributed by atoms with Gasteiger partial charge in [0.15, 0.2) is 0 Å². The Labute approximate surface area is 254 Å². The first kappa shape index (κ1) is 30.9. The van der Waals surface area contributed by atoms with Gasteiger partial charge in [-0.05, 0) is 151 Å². The van der Waals surface area contributed by atoms with Gasteiger partial charge >= 0.3 is 0 Å². The van der Waals surface area contributed by atoms with Gasteiger partial charge in [0.25, 0.3) is 0 Å². The van der Waals surface area contributed by atoms with Gasteiger partial charge in [0.1, 0.15) is 0 Å². The van der Waals surface area contributed by atoms with Crippen LogP contribution in [-0.4, -0.2) is 0 Å². The Morgan fingerprint density at radius 1 is 0.683 bits per heavy atom. The quantitative estimate of drug-likeness (QED) is 0.333. The number of benzene rings is 2. The van der Waals surface area contributed by atoms with Crippen molar-refractivity contribution in [2.24, 2.45) is 59.2 Å². The van der Waals surface area contributed by atoms with Crippen molar-refractivity contribution in [3.05, 3.63) is 69.8 Å². The topological polar surface area (TPSA) is 0 Å². The molecule has 0 radical (unpaired) electrons. The highest BCUT2D eigenvalue weighted by molar-refractivity contribution is 5.45. The van der Waals surface area contributed by atoms with Gasteiger partial charge in [-0.1, -0.05) is 104 Å². The molecule has 0 heterocycles. The highest BCUT2D eigenvalue weighted by Crippen LogP contribution is 2.51. The van der Waals surface area contributed by atoms with E-state index in [1.807, 2.05) is 0 Å². The Morgan fingerprint density at radius 3 is 2.05 bits per heavy atom. The predicted octanol–water partition coefficient (Wildman–Crippen LogP) is 11.6. The Kier molecular flexibility index (Phi) is 9.48. The Bertz CT molecular complexity index is 1160. The van der Waals surface area contributed by atoms with Gasteiger partial charge in [0, 0.05) is 0 Å². The summed E-state index contributed by atoms with van der Waals surface area (Å²) in [5, 5.41) is 0. The zero-order valence-electron chi connectivity index (χ0n) is 28.3. The monoisotopic (exact) mass is 554 g/mol. The summed E-state index contributed by atoms with van der Waals surface area (Å²) in [7, 11) is 0. The van der Waals surface area contributed by atoms with Crippen molar-refractivity contribution < 1.29 is 0 Å². The van der Waals surface area contributed by atoms with Crippen molar-refractivity contribution in [2.45, 2.75) is 126 Å². The summed E-state index contributed by atoms with van der Waals surface area (Å²) in [6.45, 7) is 25.0. The fourth-order valence-electron chi connectivity index (χ4n) is 10.4. The van der Waals surface area contributed by atoms with E-state index in [1.54, 1.807) is 22.3 Å². The second-order valence-electron chi connectivity index (χ2n) is 16.0. The molecule has 2 saturated carbocycles. The number of aryl methyl sites for hydroxylation is 2. The van der Waals surface area contributed by atoms with E-state index in [1.165, 1.54) is 56.1 Å². The second-order valence-corrected chi connectivity index (χ2v) is 16.0. The summed E-state index contributed by atoms with van der Waals surface area (Å²) in [5.41, 5.74) is 9.42. The van der Waals surface area contributed by atoms with Crippen LogP contribution in [0, 0.1) is 73.0 Å². The minimum absolute atomic E-state index is 0.644. The van der Waals surface area contributed by atoms with E-state index in [0.29, 0.717) is 11.8 Å². The van der Waals surface area contributed by atoms with Gasteiger partial charge in [0.2, 0.25) is 0 Å². The van der Waals surface area contributed by atoms with Crippen molar-refractivity contribution in [3.63, 3.8) is 0 Å². The van der Waals surface area contributed by atoms with Gasteiger partial charge in [0.05, 0.1) is 0 Å². The molecule has 0 amide bonds. The molecule has 2 aromatic rings. The highest BCUT2D eigenvalue weighted by atomic mass is 14.5. The lowest BCUT2D eigenvalue weighted by molar-refractivity contribution is 0.00231. The maximum atomic E-state index is 2.68. The number of rotatable bonds is 6. The van der Waals surface area contributed by atoms with E-state index in [9.17, 15) is 0 Å². The SMILES string of the molecule is CCC1CC(Cc2cc(C)c3c(c2)CC(c2ccc(C)cc2)CC3C)C(CC2CC(C)C(C)C(C)C2C)C(C)C1C. The molecule has 0 N–H and O–H groups in total. The molecule has 0 heteroatoms.